The van der Waals surface area contributed by atoms with E-state index in [1.807, 2.05) is 31.2 Å². The molecule has 5 rings (SSSR count). The molecule has 0 amide bonds. The highest BCUT2D eigenvalue weighted by Gasteiger charge is 2.43. The van der Waals surface area contributed by atoms with E-state index in [9.17, 15) is 9.59 Å². The lowest BCUT2D eigenvalue weighted by atomic mass is 9.71. The third kappa shape index (κ3) is 4.32. The molecule has 2 aromatic carbocycles. The molecule has 1 N–H and O–H groups in total. The molecule has 2 heterocycles. The van der Waals surface area contributed by atoms with Gasteiger partial charge in [0.15, 0.2) is 17.3 Å². The molecule has 3 aliphatic rings. The summed E-state index contributed by atoms with van der Waals surface area (Å²) in [6.45, 7) is 5.51. The monoisotopic (exact) mass is 509 g/mol. The number of dihydropyridines is 1. The van der Waals surface area contributed by atoms with Crippen molar-refractivity contribution in [3.63, 3.8) is 0 Å². The summed E-state index contributed by atoms with van der Waals surface area (Å²) in [5.74, 6) is 0.632. The maximum Gasteiger partial charge on any atom is 0.337 e. The van der Waals surface area contributed by atoms with Gasteiger partial charge in [0.25, 0.3) is 0 Å². The summed E-state index contributed by atoms with van der Waals surface area (Å²) >= 11 is 6.72. The molecule has 36 heavy (non-hydrogen) atoms. The molecule has 2 atom stereocenters. The van der Waals surface area contributed by atoms with E-state index in [4.69, 9.17) is 30.5 Å². The smallest absolute Gasteiger partial charge is 0.337 e. The van der Waals surface area contributed by atoms with Crippen molar-refractivity contribution in [2.45, 2.75) is 51.6 Å². The van der Waals surface area contributed by atoms with Gasteiger partial charge in [0.2, 0.25) is 6.79 Å². The quantitative estimate of drug-likeness (QED) is 0.541. The van der Waals surface area contributed by atoms with Crippen molar-refractivity contribution in [1.29, 1.82) is 0 Å². The Bertz CT molecular complexity index is 1290. The molecule has 2 aromatic rings. The van der Waals surface area contributed by atoms with E-state index < -0.39 is 11.9 Å². The average Bonchev–Trinajstić information content (AvgIpc) is 3.29. The topological polar surface area (TPSA) is 83.1 Å². The molecule has 2 aliphatic heterocycles. The molecule has 0 unspecified atom stereocenters. The highest BCUT2D eigenvalue weighted by atomic mass is 35.5. The van der Waals surface area contributed by atoms with Crippen molar-refractivity contribution in [3.05, 3.63) is 75.1 Å². The first-order valence-corrected chi connectivity index (χ1v) is 12.3. The second-order valence-electron chi connectivity index (χ2n) is 9.47. The molecule has 0 fully saturated rings. The third-order valence-corrected chi connectivity index (χ3v) is 7.11. The van der Waals surface area contributed by atoms with E-state index >= 15 is 0 Å². The highest BCUT2D eigenvalue weighted by Crippen LogP contribution is 2.49. The van der Waals surface area contributed by atoms with Gasteiger partial charge >= 0.3 is 5.97 Å². The largest absolute Gasteiger partial charge is 0.497 e. The minimum Gasteiger partial charge on any atom is -0.497 e. The van der Waals surface area contributed by atoms with E-state index in [-0.39, 0.29) is 24.6 Å². The Kier molecular flexibility index (Phi) is 6.43. The number of nitrogens with one attached hydrogen (secondary N) is 1. The van der Waals surface area contributed by atoms with Crippen LogP contribution in [0.5, 0.6) is 17.2 Å². The van der Waals surface area contributed by atoms with Crippen LogP contribution in [-0.2, 0) is 14.3 Å². The minimum absolute atomic E-state index is 0.000465. The Morgan fingerprint density at radius 2 is 1.81 bits per heavy atom. The summed E-state index contributed by atoms with van der Waals surface area (Å²) in [4.78, 5) is 27.1. The van der Waals surface area contributed by atoms with Crippen LogP contribution in [0.25, 0.3) is 0 Å². The first-order valence-electron chi connectivity index (χ1n) is 11.9. The van der Waals surface area contributed by atoms with Crippen LogP contribution in [0.2, 0.25) is 5.02 Å². The van der Waals surface area contributed by atoms with Crippen LogP contribution in [-0.4, -0.2) is 31.8 Å². The van der Waals surface area contributed by atoms with Gasteiger partial charge in [0, 0.05) is 40.4 Å². The van der Waals surface area contributed by atoms with E-state index in [0.29, 0.717) is 51.8 Å². The number of Topliss-reactive ketones (excluding diaryl/α,β-unsaturated/α-hetero) is 1. The average molecular weight is 510 g/mol. The number of ether oxygens (including phenoxy) is 4. The number of benzene rings is 2. The SMILES string of the molecule is COc1ccc([C@H]2CC(=O)C3=C(C2)NC(C)=C(C(=O)OC(C)C)[C@@H]3c2cc3c(cc2Cl)OCO3)cc1. The lowest BCUT2D eigenvalue weighted by Crippen LogP contribution is -2.36. The Labute approximate surface area is 215 Å². The van der Waals surface area contributed by atoms with Gasteiger partial charge in [0.05, 0.1) is 18.8 Å². The van der Waals surface area contributed by atoms with Crippen LogP contribution in [0.15, 0.2) is 58.9 Å². The van der Waals surface area contributed by atoms with Crippen LogP contribution >= 0.6 is 11.6 Å². The number of fused-ring (bicyclic) bond motifs is 1. The molecule has 188 valence electrons. The molecule has 8 heteroatoms. The van der Waals surface area contributed by atoms with Crippen LogP contribution in [0.4, 0.5) is 0 Å². The second kappa shape index (κ2) is 9.54. The predicted octanol–water partition coefficient (Wildman–Crippen LogP) is 5.39. The summed E-state index contributed by atoms with van der Waals surface area (Å²) in [5.41, 5.74) is 4.02. The summed E-state index contributed by atoms with van der Waals surface area (Å²) in [5, 5.41) is 3.75. The summed E-state index contributed by atoms with van der Waals surface area (Å²) in [6, 6.07) is 11.2. The maximum atomic E-state index is 13.8. The maximum absolute atomic E-state index is 13.8. The number of halogens is 1. The predicted molar refractivity (Wildman–Crippen MR) is 134 cm³/mol. The third-order valence-electron chi connectivity index (χ3n) is 6.78. The molecule has 0 saturated heterocycles. The van der Waals surface area contributed by atoms with Gasteiger partial charge in [-0.15, -0.1) is 0 Å². The van der Waals surface area contributed by atoms with Crippen molar-refractivity contribution in [1.82, 2.24) is 5.32 Å². The standard InChI is InChI=1S/C28H28ClNO6/c1-14(2)36-28(32)25-15(3)30-21-9-17(16-5-7-18(33-4)8-6-16)10-22(31)27(21)26(25)19-11-23-24(12-20(19)29)35-13-34-23/h5-8,11-12,14,17,26,30H,9-10,13H2,1-4H3/t17-,26+/m1/s1. The molecule has 1 aliphatic carbocycles. The Morgan fingerprint density at radius 1 is 1.11 bits per heavy atom. The molecule has 0 spiro atoms. The summed E-state index contributed by atoms with van der Waals surface area (Å²) in [6.07, 6.45) is 0.620. The van der Waals surface area contributed by atoms with Gasteiger partial charge in [-0.05, 0) is 62.4 Å². The Hall–Kier alpha value is -3.45. The Morgan fingerprint density at radius 3 is 2.47 bits per heavy atom. The normalized spacial score (nSPS) is 20.9. The van der Waals surface area contributed by atoms with E-state index in [1.54, 1.807) is 33.1 Å². The number of allylic oxidation sites excluding steroid dienone is 3. The van der Waals surface area contributed by atoms with Crippen LogP contribution in [0.1, 0.15) is 56.6 Å². The molecular formula is C28H28ClNO6. The molecule has 0 bridgehead atoms. The van der Waals surface area contributed by atoms with Crippen molar-refractivity contribution >= 4 is 23.4 Å². The lowest BCUT2D eigenvalue weighted by molar-refractivity contribution is -0.143. The highest BCUT2D eigenvalue weighted by molar-refractivity contribution is 6.32. The van der Waals surface area contributed by atoms with E-state index in [1.165, 1.54) is 0 Å². The zero-order chi connectivity index (χ0) is 25.6. The van der Waals surface area contributed by atoms with Crippen molar-refractivity contribution in [3.8, 4) is 17.2 Å². The first kappa shape index (κ1) is 24.3. The number of carbonyl (C=O) groups excluding carboxylic acids is 2. The molecule has 0 aromatic heterocycles. The fourth-order valence-corrected chi connectivity index (χ4v) is 5.43. The minimum atomic E-state index is -0.682. The second-order valence-corrected chi connectivity index (χ2v) is 9.88. The molecular weight excluding hydrogens is 482 g/mol. The number of ketones is 1. The van der Waals surface area contributed by atoms with Gasteiger partial charge < -0.3 is 24.3 Å². The fourth-order valence-electron chi connectivity index (χ4n) is 5.16. The molecule has 0 radical (unpaired) electrons. The zero-order valence-electron chi connectivity index (χ0n) is 20.6. The van der Waals surface area contributed by atoms with Crippen LogP contribution < -0.4 is 19.5 Å². The van der Waals surface area contributed by atoms with Gasteiger partial charge in [-0.2, -0.15) is 0 Å². The number of rotatable bonds is 5. The zero-order valence-corrected chi connectivity index (χ0v) is 21.4. The summed E-state index contributed by atoms with van der Waals surface area (Å²) < 4.78 is 21.9. The Balaban J connectivity index is 1.60. The molecule has 7 nitrogen and oxygen atoms in total. The van der Waals surface area contributed by atoms with Crippen molar-refractivity contribution in [2.24, 2.45) is 0 Å². The number of methoxy groups -OCH3 is 1. The number of hydrogen-bond acceptors (Lipinski definition) is 7. The van der Waals surface area contributed by atoms with E-state index in [2.05, 4.69) is 5.32 Å². The van der Waals surface area contributed by atoms with Crippen molar-refractivity contribution < 1.29 is 28.5 Å². The lowest BCUT2D eigenvalue weighted by Gasteiger charge is -2.37. The number of carbonyl (C=O) groups is 2. The van der Waals surface area contributed by atoms with Crippen molar-refractivity contribution in [2.75, 3.05) is 13.9 Å². The first-order chi connectivity index (χ1) is 17.3. The number of esters is 1. The molecule has 0 saturated carbocycles. The fraction of sp³-hybridized carbons (Fsp3) is 0.357. The number of hydrogen-bond donors (Lipinski definition) is 1. The van der Waals surface area contributed by atoms with Gasteiger partial charge in [0.1, 0.15) is 5.75 Å². The van der Waals surface area contributed by atoms with Crippen LogP contribution in [0.3, 0.4) is 0 Å². The van der Waals surface area contributed by atoms with Gasteiger partial charge in [-0.25, -0.2) is 4.79 Å². The van der Waals surface area contributed by atoms with Gasteiger partial charge in [-0.3, -0.25) is 4.79 Å². The van der Waals surface area contributed by atoms with Gasteiger partial charge in [-0.1, -0.05) is 23.7 Å². The van der Waals surface area contributed by atoms with Crippen LogP contribution in [0, 0.1) is 0 Å². The summed E-state index contributed by atoms with van der Waals surface area (Å²) in [7, 11) is 1.63. The van der Waals surface area contributed by atoms with E-state index in [0.717, 1.165) is 17.0 Å².